The summed E-state index contributed by atoms with van der Waals surface area (Å²) in [6, 6.07) is 41.6. The van der Waals surface area contributed by atoms with Gasteiger partial charge < -0.3 is 34.9 Å². The molecule has 62 heavy (non-hydrogen) atoms. The number of unbranched alkanes of at least 4 members (excludes halogenated alkanes) is 10. The first-order chi connectivity index (χ1) is 30.5. The molecule has 1 aliphatic rings. The number of carbonyl (C=O) groups is 1. The van der Waals surface area contributed by atoms with Gasteiger partial charge in [-0.05, 0) is 96.2 Å². The fraction of sp³-hybridized carbons (Fsp3) is 0.426. The number of aliphatic hydroxyl groups is 1. The molecule has 2 amide bonds. The van der Waals surface area contributed by atoms with Crippen molar-refractivity contribution >= 4 is 11.7 Å². The minimum Gasteiger partial charge on any atom is -0.457 e. The Hall–Kier alpha value is -4.99. The summed E-state index contributed by atoms with van der Waals surface area (Å²) in [6.07, 6.45) is 15.7. The number of urea groups is 1. The van der Waals surface area contributed by atoms with Crippen LogP contribution in [0.25, 0.3) is 11.1 Å². The maximum atomic E-state index is 12.8. The van der Waals surface area contributed by atoms with Crippen LogP contribution in [0.5, 0.6) is 11.5 Å². The molecule has 5 aromatic rings. The lowest BCUT2D eigenvalue weighted by Crippen LogP contribution is -2.40. The fourth-order valence-corrected chi connectivity index (χ4v) is 8.13. The Kier molecular flexibility index (Phi) is 19.4. The molecular formula is C54H69N3O5. The first kappa shape index (κ1) is 46.5. The zero-order chi connectivity index (χ0) is 43.2. The van der Waals surface area contributed by atoms with Crippen LogP contribution in [0.15, 0.2) is 127 Å². The Bertz CT molecular complexity index is 1990. The number of nitrogens with zero attached hydrogens (tertiary/aromatic N) is 1. The molecule has 0 aromatic heterocycles. The smallest absolute Gasteiger partial charge is 0.319 e. The first-order valence-electron chi connectivity index (χ1n) is 23.3. The molecule has 0 bridgehead atoms. The predicted octanol–water partition coefficient (Wildman–Crippen LogP) is 13.5. The minimum atomic E-state index is -0.503. The first-order valence-corrected chi connectivity index (χ1v) is 23.3. The average Bonchev–Trinajstić information content (AvgIpc) is 3.31. The largest absolute Gasteiger partial charge is 0.457 e. The monoisotopic (exact) mass is 840 g/mol. The Balaban J connectivity index is 1.07. The summed E-state index contributed by atoms with van der Waals surface area (Å²) >= 11 is 0. The fourth-order valence-electron chi connectivity index (χ4n) is 8.13. The third-order valence-electron chi connectivity index (χ3n) is 11.7. The molecule has 5 aromatic carbocycles. The molecule has 1 aliphatic heterocycles. The Morgan fingerprint density at radius 2 is 1.27 bits per heavy atom. The van der Waals surface area contributed by atoms with Crippen LogP contribution in [0.4, 0.5) is 10.5 Å². The molecule has 1 saturated heterocycles. The van der Waals surface area contributed by atoms with Crippen LogP contribution in [0.2, 0.25) is 0 Å². The highest BCUT2D eigenvalue weighted by molar-refractivity contribution is 5.89. The van der Waals surface area contributed by atoms with E-state index >= 15 is 0 Å². The number of para-hydroxylation sites is 1. The second-order valence-corrected chi connectivity index (χ2v) is 16.8. The van der Waals surface area contributed by atoms with Gasteiger partial charge in [-0.15, -0.1) is 0 Å². The second kappa shape index (κ2) is 25.8. The van der Waals surface area contributed by atoms with E-state index in [1.165, 1.54) is 77.0 Å². The van der Waals surface area contributed by atoms with Gasteiger partial charge in [-0.1, -0.05) is 163 Å². The van der Waals surface area contributed by atoms with E-state index in [9.17, 15) is 9.90 Å². The molecule has 8 nitrogen and oxygen atoms in total. The number of aliphatic hydroxyl groups excluding tert-OH is 1. The molecule has 1 fully saturated rings. The zero-order valence-electron chi connectivity index (χ0n) is 37.1. The molecule has 0 saturated carbocycles. The van der Waals surface area contributed by atoms with E-state index in [0.29, 0.717) is 18.0 Å². The Morgan fingerprint density at radius 3 is 1.94 bits per heavy atom. The van der Waals surface area contributed by atoms with Crippen molar-refractivity contribution in [3.63, 3.8) is 0 Å². The van der Waals surface area contributed by atoms with E-state index in [-0.39, 0.29) is 24.8 Å². The van der Waals surface area contributed by atoms with Crippen molar-refractivity contribution in [2.24, 2.45) is 0 Å². The molecule has 3 atom stereocenters. The number of carbonyl (C=O) groups excluding carboxylic acids is 1. The van der Waals surface area contributed by atoms with Crippen molar-refractivity contribution < 1.29 is 24.1 Å². The highest BCUT2D eigenvalue weighted by atomic mass is 16.7. The summed E-state index contributed by atoms with van der Waals surface area (Å²) in [5, 5.41) is 15.6. The maximum absolute atomic E-state index is 12.8. The van der Waals surface area contributed by atoms with Crippen molar-refractivity contribution in [2.75, 3.05) is 25.0 Å². The zero-order valence-corrected chi connectivity index (χ0v) is 37.1. The van der Waals surface area contributed by atoms with Gasteiger partial charge in [0.2, 0.25) is 0 Å². The van der Waals surface area contributed by atoms with Crippen LogP contribution in [-0.2, 0) is 22.6 Å². The Labute approximate surface area is 371 Å². The van der Waals surface area contributed by atoms with Crippen molar-refractivity contribution in [2.45, 2.75) is 129 Å². The van der Waals surface area contributed by atoms with Gasteiger partial charge in [-0.2, -0.15) is 0 Å². The van der Waals surface area contributed by atoms with Crippen molar-refractivity contribution in [3.8, 4) is 22.6 Å². The number of rotatable bonds is 25. The van der Waals surface area contributed by atoms with Crippen molar-refractivity contribution in [1.82, 2.24) is 10.2 Å². The summed E-state index contributed by atoms with van der Waals surface area (Å²) in [5.74, 6) is 1.46. The molecule has 8 heteroatoms. The molecule has 6 rings (SSSR count). The lowest BCUT2D eigenvalue weighted by Gasteiger charge is -2.38. The number of amides is 2. The number of anilines is 1. The summed E-state index contributed by atoms with van der Waals surface area (Å²) in [6.45, 7) is 8.07. The molecule has 1 heterocycles. The third kappa shape index (κ3) is 15.4. The number of nitrogens with one attached hydrogen (secondary N) is 2. The van der Waals surface area contributed by atoms with E-state index in [1.54, 1.807) is 0 Å². The molecule has 0 radical (unpaired) electrons. The molecule has 0 aliphatic carbocycles. The number of benzene rings is 5. The lowest BCUT2D eigenvalue weighted by molar-refractivity contribution is -0.253. The summed E-state index contributed by atoms with van der Waals surface area (Å²) in [7, 11) is 0. The molecule has 330 valence electrons. The molecule has 0 unspecified atom stereocenters. The van der Waals surface area contributed by atoms with E-state index in [2.05, 4.69) is 77.9 Å². The standard InChI is InChI=1S/C54H69N3O5/c1-3-5-7-9-11-16-35-57(36-17-12-10-8-6-4-2)40-51-38-52(45-25-23-42(41-58)24-26-45)62-53(61-51)46-29-27-44(28-30-46)47-20-18-19-43(37-47)39-55-54(59)56-48-31-33-50(34-32-48)60-49-21-14-13-15-22-49/h13-15,18-34,37,51-53,58H,3-12,16-17,35-36,38-41H2,1-2H3,(H2,55,56,59)/t51-,52+,53+/m1/s1. The number of ether oxygens (including phenoxy) is 3. The van der Waals surface area contributed by atoms with Gasteiger partial charge in [0.25, 0.3) is 0 Å². The number of hydrogen-bond donors (Lipinski definition) is 3. The average molecular weight is 840 g/mol. The van der Waals surface area contributed by atoms with Gasteiger partial charge in [0.05, 0.1) is 18.8 Å². The summed E-state index contributed by atoms with van der Waals surface area (Å²) < 4.78 is 19.5. The van der Waals surface area contributed by atoms with Gasteiger partial charge in [0.1, 0.15) is 11.5 Å². The summed E-state index contributed by atoms with van der Waals surface area (Å²) in [5.41, 5.74) is 6.81. The maximum Gasteiger partial charge on any atom is 0.319 e. The van der Waals surface area contributed by atoms with Crippen LogP contribution in [0.1, 0.15) is 132 Å². The molecule has 0 spiro atoms. The highest BCUT2D eigenvalue weighted by Crippen LogP contribution is 2.39. The van der Waals surface area contributed by atoms with Gasteiger partial charge in [-0.25, -0.2) is 4.79 Å². The second-order valence-electron chi connectivity index (χ2n) is 16.8. The number of hydrogen-bond acceptors (Lipinski definition) is 6. The van der Waals surface area contributed by atoms with E-state index in [1.807, 2.05) is 78.9 Å². The van der Waals surface area contributed by atoms with Gasteiger partial charge in [0, 0.05) is 30.8 Å². The van der Waals surface area contributed by atoms with Gasteiger partial charge in [-0.3, -0.25) is 0 Å². The minimum absolute atomic E-state index is 0.0190. The lowest BCUT2D eigenvalue weighted by atomic mass is 9.98. The molecular weight excluding hydrogens is 771 g/mol. The van der Waals surface area contributed by atoms with Crippen LogP contribution in [-0.4, -0.2) is 41.8 Å². The SMILES string of the molecule is CCCCCCCCN(CCCCCCCC)C[C@H]1C[C@@H](c2ccc(CO)cc2)O[C@@H](c2ccc(-c3cccc(CNC(=O)Nc4ccc(Oc5ccccc5)cc4)c3)cc2)O1. The van der Waals surface area contributed by atoms with Crippen LogP contribution < -0.4 is 15.4 Å². The normalized spacial score (nSPS) is 16.3. The molecule has 3 N–H and O–H groups in total. The van der Waals surface area contributed by atoms with Crippen LogP contribution in [0.3, 0.4) is 0 Å². The Morgan fingerprint density at radius 1 is 0.645 bits per heavy atom. The van der Waals surface area contributed by atoms with Crippen LogP contribution in [0, 0.1) is 0 Å². The van der Waals surface area contributed by atoms with Crippen molar-refractivity contribution in [1.29, 1.82) is 0 Å². The van der Waals surface area contributed by atoms with Crippen LogP contribution >= 0.6 is 0 Å². The van der Waals surface area contributed by atoms with Crippen molar-refractivity contribution in [3.05, 3.63) is 150 Å². The summed E-state index contributed by atoms with van der Waals surface area (Å²) in [4.78, 5) is 15.5. The topological polar surface area (TPSA) is 92.3 Å². The van der Waals surface area contributed by atoms with Gasteiger partial charge in [0.15, 0.2) is 6.29 Å². The van der Waals surface area contributed by atoms with E-state index in [0.717, 1.165) is 65.2 Å². The predicted molar refractivity (Wildman–Crippen MR) is 252 cm³/mol. The van der Waals surface area contributed by atoms with E-state index in [4.69, 9.17) is 14.2 Å². The highest BCUT2D eigenvalue weighted by Gasteiger charge is 2.33. The quantitative estimate of drug-likeness (QED) is 0.0507. The van der Waals surface area contributed by atoms with Gasteiger partial charge >= 0.3 is 6.03 Å². The van der Waals surface area contributed by atoms with E-state index < -0.39 is 6.29 Å². The third-order valence-corrected chi connectivity index (χ3v) is 11.7.